The van der Waals surface area contributed by atoms with Crippen LogP contribution in [0.25, 0.3) is 0 Å². The van der Waals surface area contributed by atoms with E-state index >= 15 is 0 Å². The van der Waals surface area contributed by atoms with Crippen molar-refractivity contribution in [3.8, 4) is 0 Å². The van der Waals surface area contributed by atoms with Crippen LogP contribution in [0.15, 0.2) is 24.7 Å². The summed E-state index contributed by atoms with van der Waals surface area (Å²) >= 11 is 0. The topological polar surface area (TPSA) is 95.1 Å². The van der Waals surface area contributed by atoms with Crippen molar-refractivity contribution in [1.82, 2.24) is 15.3 Å². The van der Waals surface area contributed by atoms with Gasteiger partial charge in [-0.25, -0.2) is 9.78 Å². The van der Waals surface area contributed by atoms with E-state index in [0.29, 0.717) is 12.1 Å². The number of hydrogen-bond donors (Lipinski definition) is 3. The molecule has 7 heteroatoms. The summed E-state index contributed by atoms with van der Waals surface area (Å²) in [5.41, 5.74) is 0.628. The van der Waals surface area contributed by atoms with E-state index in [1.165, 1.54) is 64.1 Å². The molecule has 3 N–H and O–H groups in total. The molecule has 0 aromatic carbocycles. The maximum absolute atomic E-state index is 12.0. The van der Waals surface area contributed by atoms with Crippen molar-refractivity contribution in [2.75, 3.05) is 0 Å². The van der Waals surface area contributed by atoms with Crippen molar-refractivity contribution in [1.29, 1.82) is 0 Å². The Hall–Kier alpha value is -1.11. The van der Waals surface area contributed by atoms with E-state index in [4.69, 9.17) is 0 Å². The Morgan fingerprint density at radius 2 is 1.58 bits per heavy atom. The first kappa shape index (κ1) is 29.9. The molecule has 1 atom stereocenters. The van der Waals surface area contributed by atoms with E-state index in [0.717, 1.165) is 25.7 Å². The van der Waals surface area contributed by atoms with Gasteiger partial charge in [0, 0.05) is 19.0 Å². The van der Waals surface area contributed by atoms with Crippen LogP contribution in [0.3, 0.4) is 0 Å². The zero-order valence-corrected chi connectivity index (χ0v) is 18.7. The van der Waals surface area contributed by atoms with Crippen LogP contribution in [0, 0.1) is 0 Å². The molecule has 0 radical (unpaired) electrons. The summed E-state index contributed by atoms with van der Waals surface area (Å²) in [6.07, 6.45) is 24.1. The molecular formula is C24H42N3NaO3. The molecule has 1 aromatic heterocycles. The number of allylic oxidation sites excluding steroid dienone is 2. The molecule has 0 aliphatic carbocycles. The summed E-state index contributed by atoms with van der Waals surface area (Å²) in [5, 5.41) is 11.9. The van der Waals surface area contributed by atoms with Crippen molar-refractivity contribution in [3.63, 3.8) is 0 Å². The van der Waals surface area contributed by atoms with Crippen LogP contribution in [-0.4, -0.2) is 62.6 Å². The average molecular weight is 444 g/mol. The van der Waals surface area contributed by atoms with Crippen LogP contribution in [0.1, 0.15) is 103 Å². The molecule has 1 aromatic rings. The number of aromatic amines is 1. The normalized spacial score (nSPS) is 11.9. The van der Waals surface area contributed by atoms with Crippen molar-refractivity contribution >= 4 is 41.4 Å². The fourth-order valence-electron chi connectivity index (χ4n) is 3.43. The van der Waals surface area contributed by atoms with Crippen LogP contribution in [-0.2, 0) is 16.0 Å². The minimum absolute atomic E-state index is 0. The zero-order chi connectivity index (χ0) is 21.9. The number of imidazole rings is 1. The molecule has 0 spiro atoms. The zero-order valence-electron chi connectivity index (χ0n) is 18.7. The third-order valence-corrected chi connectivity index (χ3v) is 5.27. The number of rotatable bonds is 19. The second kappa shape index (κ2) is 20.8. The molecule has 0 aliphatic heterocycles. The summed E-state index contributed by atoms with van der Waals surface area (Å²) < 4.78 is 0. The molecular weight excluding hydrogens is 401 g/mol. The first-order chi connectivity index (χ1) is 14.6. The van der Waals surface area contributed by atoms with Gasteiger partial charge in [0.25, 0.3) is 0 Å². The van der Waals surface area contributed by atoms with Crippen LogP contribution in [0.5, 0.6) is 0 Å². The summed E-state index contributed by atoms with van der Waals surface area (Å²) in [6.45, 7) is 2.25. The van der Waals surface area contributed by atoms with Gasteiger partial charge in [-0.15, -0.1) is 0 Å². The van der Waals surface area contributed by atoms with Gasteiger partial charge >= 0.3 is 35.5 Å². The molecule has 0 saturated heterocycles. The second-order valence-electron chi connectivity index (χ2n) is 8.06. The molecule has 172 valence electrons. The monoisotopic (exact) mass is 443 g/mol. The Kier molecular flexibility index (Phi) is 20.0. The fourth-order valence-corrected chi connectivity index (χ4v) is 3.43. The Morgan fingerprint density at radius 1 is 1.00 bits per heavy atom. The first-order valence-electron chi connectivity index (χ1n) is 11.8. The predicted molar refractivity (Wildman–Crippen MR) is 128 cm³/mol. The van der Waals surface area contributed by atoms with Gasteiger partial charge in [0.1, 0.15) is 6.04 Å². The number of nitrogens with zero attached hydrogens (tertiary/aromatic N) is 1. The average Bonchev–Trinajstić information content (AvgIpc) is 3.23. The molecule has 1 heterocycles. The van der Waals surface area contributed by atoms with Gasteiger partial charge in [-0.3, -0.25) is 4.79 Å². The molecule has 1 unspecified atom stereocenters. The number of carboxylic acid groups (broad SMARTS) is 1. The summed E-state index contributed by atoms with van der Waals surface area (Å²) in [4.78, 5) is 30.1. The fraction of sp³-hybridized carbons (Fsp3) is 0.708. The minimum atomic E-state index is -1.03. The number of aliphatic carboxylic acids is 1. The molecule has 0 saturated carbocycles. The van der Waals surface area contributed by atoms with E-state index in [1.54, 1.807) is 6.20 Å². The van der Waals surface area contributed by atoms with Gasteiger partial charge in [0.05, 0.1) is 12.0 Å². The second-order valence-corrected chi connectivity index (χ2v) is 8.06. The Balaban J connectivity index is 0.00000900. The van der Waals surface area contributed by atoms with Crippen LogP contribution >= 0.6 is 0 Å². The number of unbranched alkanes of at least 4 members (excludes halogenated alkanes) is 11. The maximum atomic E-state index is 12.0. The molecule has 1 rings (SSSR count). The molecule has 1 amide bonds. The Morgan fingerprint density at radius 3 is 2.13 bits per heavy atom. The number of H-pyrrole nitrogens is 1. The predicted octanol–water partition coefficient (Wildman–Crippen LogP) is 4.91. The van der Waals surface area contributed by atoms with Crippen molar-refractivity contribution < 1.29 is 14.7 Å². The van der Waals surface area contributed by atoms with Crippen LogP contribution in [0.4, 0.5) is 0 Å². The van der Waals surface area contributed by atoms with Gasteiger partial charge in [0.15, 0.2) is 0 Å². The number of carbonyl (C=O) groups is 2. The third kappa shape index (κ3) is 17.2. The summed E-state index contributed by atoms with van der Waals surface area (Å²) in [7, 11) is 0. The SMILES string of the molecule is CCCCCCCC/C=C\CCCCCCCC(=O)NC(Cc1c[nH]cn1)C(=O)O.[NaH]. The number of carbonyl (C=O) groups excluding carboxylic acids is 1. The van der Waals surface area contributed by atoms with E-state index in [-0.39, 0.29) is 41.9 Å². The van der Waals surface area contributed by atoms with E-state index < -0.39 is 12.0 Å². The van der Waals surface area contributed by atoms with E-state index in [2.05, 4.69) is 34.4 Å². The van der Waals surface area contributed by atoms with Crippen molar-refractivity contribution in [2.24, 2.45) is 0 Å². The molecule has 31 heavy (non-hydrogen) atoms. The van der Waals surface area contributed by atoms with Gasteiger partial charge in [0.2, 0.25) is 5.91 Å². The van der Waals surface area contributed by atoms with Gasteiger partial charge in [-0.1, -0.05) is 70.4 Å². The van der Waals surface area contributed by atoms with E-state index in [1.807, 2.05) is 0 Å². The van der Waals surface area contributed by atoms with Gasteiger partial charge < -0.3 is 15.4 Å². The number of amides is 1. The number of nitrogens with one attached hydrogen (secondary N) is 2. The Bertz CT molecular complexity index is 591. The number of aromatic nitrogens is 2. The quantitative estimate of drug-likeness (QED) is 0.161. The molecule has 6 nitrogen and oxygen atoms in total. The Labute approximate surface area is 210 Å². The standard InChI is InChI=1S/C24H41N3O3.Na.H/c1-2-3-4-5-6-7-8-9-10-11-12-13-14-15-16-17-23(28)27-22(24(29)30)18-21-19-25-20-26-21;;/h9-10,19-20,22H,2-8,11-18H2,1H3,(H,25,26)(H,27,28)(H,29,30);;/b10-9-;;. The summed E-state index contributed by atoms with van der Waals surface area (Å²) in [6, 6.07) is -0.927. The van der Waals surface area contributed by atoms with Crippen LogP contribution < -0.4 is 5.32 Å². The molecule has 0 bridgehead atoms. The number of hydrogen-bond acceptors (Lipinski definition) is 3. The first-order valence-corrected chi connectivity index (χ1v) is 11.8. The molecule has 0 fully saturated rings. The van der Waals surface area contributed by atoms with Crippen molar-refractivity contribution in [2.45, 2.75) is 109 Å². The summed E-state index contributed by atoms with van der Waals surface area (Å²) in [5.74, 6) is -1.23. The van der Waals surface area contributed by atoms with Crippen LogP contribution in [0.2, 0.25) is 0 Å². The van der Waals surface area contributed by atoms with Crippen molar-refractivity contribution in [3.05, 3.63) is 30.4 Å². The third-order valence-electron chi connectivity index (χ3n) is 5.27. The van der Waals surface area contributed by atoms with E-state index in [9.17, 15) is 14.7 Å². The molecule has 0 aliphatic rings. The van der Waals surface area contributed by atoms with Gasteiger partial charge in [-0.2, -0.15) is 0 Å². The number of carboxylic acids is 1. The van der Waals surface area contributed by atoms with Gasteiger partial charge in [-0.05, 0) is 32.1 Å².